The van der Waals surface area contributed by atoms with Crippen LogP contribution in [0.1, 0.15) is 29.5 Å². The van der Waals surface area contributed by atoms with Gasteiger partial charge in [-0.2, -0.15) is 5.26 Å². The van der Waals surface area contributed by atoms with Crippen LogP contribution >= 0.6 is 23.4 Å². The number of hydrogen-bond acceptors (Lipinski definition) is 6. The summed E-state index contributed by atoms with van der Waals surface area (Å²) in [6, 6.07) is 14.5. The first-order valence-corrected chi connectivity index (χ1v) is 12.0. The fourth-order valence-corrected chi connectivity index (χ4v) is 4.80. The van der Waals surface area contributed by atoms with Crippen LogP contribution in [0.15, 0.2) is 53.1 Å². The van der Waals surface area contributed by atoms with Crippen molar-refractivity contribution in [2.45, 2.75) is 26.7 Å². The smallest absolute Gasteiger partial charge is 0.319 e. The van der Waals surface area contributed by atoms with Gasteiger partial charge in [0.05, 0.1) is 29.0 Å². The molecule has 2 amide bonds. The van der Waals surface area contributed by atoms with Crippen LogP contribution < -0.4 is 10.6 Å². The zero-order valence-corrected chi connectivity index (χ0v) is 20.5. The summed E-state index contributed by atoms with van der Waals surface area (Å²) < 4.78 is 5.11. The van der Waals surface area contributed by atoms with E-state index in [4.69, 9.17) is 16.3 Å². The highest BCUT2D eigenvalue weighted by Gasteiger charge is 2.45. The normalized spacial score (nSPS) is 17.6. The Kier molecular flexibility index (Phi) is 8.37. The van der Waals surface area contributed by atoms with Crippen LogP contribution in [0.3, 0.4) is 0 Å². The maximum atomic E-state index is 13.0. The molecule has 1 heterocycles. The second-order valence-electron chi connectivity index (χ2n) is 7.66. The van der Waals surface area contributed by atoms with Gasteiger partial charge in [0.2, 0.25) is 11.8 Å². The van der Waals surface area contributed by atoms with Gasteiger partial charge >= 0.3 is 5.97 Å². The Balaban J connectivity index is 1.92. The van der Waals surface area contributed by atoms with Gasteiger partial charge in [0.1, 0.15) is 5.92 Å². The minimum atomic E-state index is -1.28. The summed E-state index contributed by atoms with van der Waals surface area (Å²) in [6.07, 6.45) is 0. The quantitative estimate of drug-likeness (QED) is 0.432. The number of carbonyl (C=O) groups is 3. The first kappa shape index (κ1) is 25.3. The molecule has 0 unspecified atom stereocenters. The molecule has 7 nitrogen and oxygen atoms in total. The number of ether oxygens (including phenoxy) is 1. The van der Waals surface area contributed by atoms with E-state index in [1.54, 1.807) is 31.2 Å². The van der Waals surface area contributed by atoms with Crippen LogP contribution in [0.25, 0.3) is 0 Å². The second-order valence-corrected chi connectivity index (χ2v) is 9.05. The van der Waals surface area contributed by atoms with Gasteiger partial charge in [0.15, 0.2) is 0 Å². The number of thioether (sulfide) groups is 1. The van der Waals surface area contributed by atoms with Crippen LogP contribution in [0, 0.1) is 31.1 Å². The fourth-order valence-electron chi connectivity index (χ4n) is 3.70. The number of hydrogen-bond donors (Lipinski definition) is 2. The lowest BCUT2D eigenvalue weighted by Gasteiger charge is -2.31. The average Bonchev–Trinajstić information content (AvgIpc) is 2.80. The lowest BCUT2D eigenvalue weighted by Crippen LogP contribution is -2.44. The van der Waals surface area contributed by atoms with Gasteiger partial charge in [-0.3, -0.25) is 14.4 Å². The number of nitriles is 1. The summed E-state index contributed by atoms with van der Waals surface area (Å²) in [5.41, 5.74) is 3.32. The van der Waals surface area contributed by atoms with Crippen LogP contribution in [0.2, 0.25) is 5.02 Å². The second kappa shape index (κ2) is 11.2. The van der Waals surface area contributed by atoms with Crippen LogP contribution in [0.4, 0.5) is 5.69 Å². The van der Waals surface area contributed by atoms with Gasteiger partial charge in [-0.05, 0) is 49.6 Å². The summed E-state index contributed by atoms with van der Waals surface area (Å²) in [5.74, 6) is -3.90. The van der Waals surface area contributed by atoms with Gasteiger partial charge in [0.25, 0.3) is 0 Å². The van der Waals surface area contributed by atoms with Gasteiger partial charge in [-0.1, -0.05) is 53.7 Å². The summed E-state index contributed by atoms with van der Waals surface area (Å²) in [6.45, 7) is 5.60. The van der Waals surface area contributed by atoms with Gasteiger partial charge < -0.3 is 15.4 Å². The molecule has 2 aromatic rings. The van der Waals surface area contributed by atoms with E-state index in [2.05, 4.69) is 16.7 Å². The molecule has 2 aromatic carbocycles. The molecule has 0 fully saturated rings. The molecule has 1 aliphatic rings. The molecular formula is C25H24ClN3O4S. The number of nitrogens with one attached hydrogen (secondary N) is 2. The first-order valence-electron chi connectivity index (χ1n) is 10.6. The third kappa shape index (κ3) is 5.44. The van der Waals surface area contributed by atoms with Crippen molar-refractivity contribution in [3.05, 3.63) is 74.8 Å². The number of benzene rings is 2. The summed E-state index contributed by atoms with van der Waals surface area (Å²) >= 11 is 7.40. The molecule has 0 bridgehead atoms. The van der Waals surface area contributed by atoms with Crippen molar-refractivity contribution < 1.29 is 19.1 Å². The van der Waals surface area contributed by atoms with Crippen molar-refractivity contribution >= 4 is 46.8 Å². The molecule has 1 aliphatic heterocycles. The van der Waals surface area contributed by atoms with E-state index >= 15 is 0 Å². The average molecular weight is 498 g/mol. The lowest BCUT2D eigenvalue weighted by atomic mass is 9.78. The minimum Gasteiger partial charge on any atom is -0.465 e. The number of nitrogens with zero attached hydrogens (tertiary/aromatic N) is 1. The maximum Gasteiger partial charge on any atom is 0.319 e. The van der Waals surface area contributed by atoms with Crippen molar-refractivity contribution in [1.82, 2.24) is 5.32 Å². The largest absolute Gasteiger partial charge is 0.465 e. The predicted octanol–water partition coefficient (Wildman–Crippen LogP) is 4.46. The molecule has 176 valence electrons. The zero-order valence-electron chi connectivity index (χ0n) is 19.0. The molecular weight excluding hydrogens is 474 g/mol. The number of carbonyl (C=O) groups excluding carboxylic acids is 3. The van der Waals surface area contributed by atoms with Gasteiger partial charge in [0, 0.05) is 16.6 Å². The number of esters is 1. The van der Waals surface area contributed by atoms with Crippen LogP contribution in [0.5, 0.6) is 0 Å². The Bertz CT molecular complexity index is 1200. The summed E-state index contributed by atoms with van der Waals surface area (Å²) in [7, 11) is 0. The fraction of sp³-hybridized carbons (Fsp3) is 0.280. The molecule has 0 aromatic heterocycles. The van der Waals surface area contributed by atoms with E-state index in [1.807, 2.05) is 32.0 Å². The van der Waals surface area contributed by atoms with Gasteiger partial charge in [-0.25, -0.2) is 0 Å². The molecule has 3 rings (SSSR count). The SMILES string of the molecule is CCOC(=O)[C@@H]1C(=O)NC(SCC(=O)Nc2cccc(C)c2C)=C(C#N)[C@H]1c1ccccc1Cl. The molecule has 0 aliphatic carbocycles. The molecule has 0 spiro atoms. The van der Waals surface area contributed by atoms with E-state index in [0.717, 1.165) is 22.9 Å². The molecule has 0 saturated carbocycles. The summed E-state index contributed by atoms with van der Waals surface area (Å²) in [5, 5.41) is 16.0. The van der Waals surface area contributed by atoms with Crippen LogP contribution in [-0.2, 0) is 19.1 Å². The van der Waals surface area contributed by atoms with Crippen molar-refractivity contribution in [1.29, 1.82) is 5.26 Å². The Hall–Kier alpha value is -3.28. The van der Waals surface area contributed by atoms with Crippen molar-refractivity contribution in [3.8, 4) is 6.07 Å². The number of rotatable bonds is 7. The highest BCUT2D eigenvalue weighted by molar-refractivity contribution is 8.03. The predicted molar refractivity (Wildman–Crippen MR) is 132 cm³/mol. The zero-order chi connectivity index (χ0) is 24.8. The summed E-state index contributed by atoms with van der Waals surface area (Å²) in [4.78, 5) is 38.3. The molecule has 0 saturated heterocycles. The minimum absolute atomic E-state index is 0.0481. The number of aryl methyl sites for hydroxylation is 1. The van der Waals surface area contributed by atoms with E-state index in [1.165, 1.54) is 0 Å². The molecule has 0 radical (unpaired) electrons. The number of allylic oxidation sites excluding steroid dienone is 1. The van der Waals surface area contributed by atoms with Crippen molar-refractivity contribution in [3.63, 3.8) is 0 Å². The number of halogens is 1. The Morgan fingerprint density at radius 3 is 2.62 bits per heavy atom. The Labute approximate surface area is 207 Å². The third-order valence-electron chi connectivity index (χ3n) is 5.54. The lowest BCUT2D eigenvalue weighted by molar-refractivity contribution is -0.152. The maximum absolute atomic E-state index is 13.0. The number of amides is 2. The Morgan fingerprint density at radius 2 is 1.94 bits per heavy atom. The third-order valence-corrected chi connectivity index (χ3v) is 6.90. The van der Waals surface area contributed by atoms with E-state index in [-0.39, 0.29) is 28.9 Å². The highest BCUT2D eigenvalue weighted by atomic mass is 35.5. The molecule has 2 N–H and O–H groups in total. The Morgan fingerprint density at radius 1 is 1.21 bits per heavy atom. The molecule has 9 heteroatoms. The number of anilines is 1. The molecule has 34 heavy (non-hydrogen) atoms. The highest BCUT2D eigenvalue weighted by Crippen LogP contribution is 2.42. The monoisotopic (exact) mass is 497 g/mol. The van der Waals surface area contributed by atoms with E-state index in [9.17, 15) is 19.6 Å². The van der Waals surface area contributed by atoms with E-state index < -0.39 is 23.7 Å². The standard InChI is InChI=1S/C25H24ClN3O4S/c1-4-33-25(32)22-21(16-9-5-6-10-18(16)26)17(12-27)24(29-23(22)31)34-13-20(30)28-19-11-7-8-14(2)15(19)3/h5-11,21-22H,4,13H2,1-3H3,(H,28,30)(H,29,31)/t21-,22+/m1/s1. The van der Waals surface area contributed by atoms with Crippen molar-refractivity contribution in [2.75, 3.05) is 17.7 Å². The van der Waals surface area contributed by atoms with Crippen molar-refractivity contribution in [2.24, 2.45) is 5.92 Å². The molecule has 2 atom stereocenters. The van der Waals surface area contributed by atoms with Crippen LogP contribution in [-0.4, -0.2) is 30.1 Å². The topological polar surface area (TPSA) is 108 Å². The van der Waals surface area contributed by atoms with E-state index in [0.29, 0.717) is 16.3 Å². The first-order chi connectivity index (χ1) is 16.3. The van der Waals surface area contributed by atoms with Gasteiger partial charge in [-0.15, -0.1) is 0 Å².